The highest BCUT2D eigenvalue weighted by atomic mass is 35.5. The van der Waals surface area contributed by atoms with E-state index in [0.717, 1.165) is 6.07 Å². The molecule has 1 amide bonds. The van der Waals surface area contributed by atoms with E-state index in [4.69, 9.17) is 16.0 Å². The molecule has 1 aliphatic rings. The third kappa shape index (κ3) is 3.11. The largest absolute Gasteiger partial charge is 0.450 e. The number of halogens is 2. The van der Waals surface area contributed by atoms with E-state index >= 15 is 0 Å². The maximum atomic E-state index is 13.9. The van der Waals surface area contributed by atoms with Gasteiger partial charge in [0.15, 0.2) is 11.2 Å². The van der Waals surface area contributed by atoms with Gasteiger partial charge in [0.25, 0.3) is 5.91 Å². The molecule has 0 spiro atoms. The topological polar surface area (TPSA) is 67.6 Å². The van der Waals surface area contributed by atoms with E-state index in [-0.39, 0.29) is 28.1 Å². The zero-order valence-electron chi connectivity index (χ0n) is 16.8. The van der Waals surface area contributed by atoms with E-state index in [1.165, 1.54) is 24.0 Å². The zero-order valence-corrected chi connectivity index (χ0v) is 17.5. The molecule has 158 valence electrons. The molecule has 7 heteroatoms. The average molecular weight is 448 g/mol. The van der Waals surface area contributed by atoms with E-state index in [1.807, 2.05) is 0 Å². The van der Waals surface area contributed by atoms with Gasteiger partial charge in [-0.1, -0.05) is 23.7 Å². The summed E-state index contributed by atoms with van der Waals surface area (Å²) in [6.45, 7) is 1.45. The summed E-state index contributed by atoms with van der Waals surface area (Å²) in [4.78, 5) is 40.0. The van der Waals surface area contributed by atoms with Crippen molar-refractivity contribution in [2.45, 2.75) is 13.0 Å². The van der Waals surface area contributed by atoms with Crippen molar-refractivity contribution in [1.29, 1.82) is 0 Å². The van der Waals surface area contributed by atoms with E-state index in [2.05, 4.69) is 0 Å². The molecule has 0 aliphatic carbocycles. The summed E-state index contributed by atoms with van der Waals surface area (Å²) in [5.41, 5.74) is 1.33. The second kappa shape index (κ2) is 7.43. The number of ketones is 1. The third-order valence-electron chi connectivity index (χ3n) is 5.55. The van der Waals surface area contributed by atoms with Gasteiger partial charge in [-0.15, -0.1) is 0 Å². The van der Waals surface area contributed by atoms with Crippen molar-refractivity contribution >= 4 is 39.9 Å². The monoisotopic (exact) mass is 447 g/mol. The third-order valence-corrected chi connectivity index (χ3v) is 5.78. The molecule has 5 nitrogen and oxygen atoms in total. The Balaban J connectivity index is 1.79. The van der Waals surface area contributed by atoms with Gasteiger partial charge in [0.2, 0.25) is 5.76 Å². The number of fused-ring (bicyclic) bond motifs is 2. The molecular weight excluding hydrogens is 433 g/mol. The number of rotatable bonds is 3. The number of amides is 1. The summed E-state index contributed by atoms with van der Waals surface area (Å²) >= 11 is 6.20. The number of carbonyl (C=O) groups excluding carboxylic acids is 2. The van der Waals surface area contributed by atoms with Crippen LogP contribution in [0, 0.1) is 5.82 Å². The lowest BCUT2D eigenvalue weighted by Gasteiger charge is -2.25. The van der Waals surface area contributed by atoms with Crippen LogP contribution < -0.4 is 10.3 Å². The first-order chi connectivity index (χ1) is 15.3. The molecule has 32 heavy (non-hydrogen) atoms. The summed E-state index contributed by atoms with van der Waals surface area (Å²) in [7, 11) is 0. The highest BCUT2D eigenvalue weighted by Crippen LogP contribution is 2.41. The molecular formula is C25H15ClFNO4. The van der Waals surface area contributed by atoms with Gasteiger partial charge in [0.1, 0.15) is 11.4 Å². The standard InChI is InChI=1S/C25H15ClFNO4/c1-13(29)14-5-8-18(9-6-14)28-22(15-3-2-4-16(26)11-15)21-23(30)19-12-17(27)7-10-20(19)32-24(21)25(28)31/h2-12,22H,1H3. The number of hydrogen-bond donors (Lipinski definition) is 0. The van der Waals surface area contributed by atoms with Gasteiger partial charge < -0.3 is 4.42 Å². The Kier molecular flexibility index (Phi) is 4.68. The van der Waals surface area contributed by atoms with Gasteiger partial charge in [0.05, 0.1) is 17.0 Å². The lowest BCUT2D eigenvalue weighted by Crippen LogP contribution is -2.29. The maximum Gasteiger partial charge on any atom is 0.295 e. The quantitative estimate of drug-likeness (QED) is 0.387. The number of carbonyl (C=O) groups is 2. The van der Waals surface area contributed by atoms with Gasteiger partial charge in [-0.3, -0.25) is 19.3 Å². The second-order valence-electron chi connectivity index (χ2n) is 7.55. The minimum absolute atomic E-state index is 0.0531. The molecule has 0 saturated heterocycles. The van der Waals surface area contributed by atoms with Gasteiger partial charge in [-0.2, -0.15) is 0 Å². The molecule has 2 heterocycles. The highest BCUT2D eigenvalue weighted by molar-refractivity contribution is 6.30. The SMILES string of the molecule is CC(=O)c1ccc(N2C(=O)c3oc4ccc(F)cc4c(=O)c3C2c2cccc(Cl)c2)cc1. The molecule has 0 radical (unpaired) electrons. The normalized spacial score (nSPS) is 15.3. The van der Waals surface area contributed by atoms with Gasteiger partial charge in [0, 0.05) is 16.3 Å². The molecule has 3 aromatic carbocycles. The minimum Gasteiger partial charge on any atom is -0.450 e. The number of nitrogens with zero attached hydrogens (tertiary/aromatic N) is 1. The number of benzene rings is 3. The van der Waals surface area contributed by atoms with E-state index in [0.29, 0.717) is 21.8 Å². The van der Waals surface area contributed by atoms with E-state index in [1.54, 1.807) is 48.5 Å². The van der Waals surface area contributed by atoms with Crippen molar-refractivity contribution in [3.05, 3.63) is 110 Å². The van der Waals surface area contributed by atoms with Crippen molar-refractivity contribution in [2.75, 3.05) is 4.90 Å². The molecule has 5 rings (SSSR count). The molecule has 1 aliphatic heterocycles. The average Bonchev–Trinajstić information content (AvgIpc) is 3.07. The van der Waals surface area contributed by atoms with Crippen molar-refractivity contribution in [1.82, 2.24) is 0 Å². The second-order valence-corrected chi connectivity index (χ2v) is 7.99. The zero-order chi connectivity index (χ0) is 22.6. The van der Waals surface area contributed by atoms with Crippen LogP contribution in [-0.4, -0.2) is 11.7 Å². The van der Waals surface area contributed by atoms with Crippen LogP contribution in [0.15, 0.2) is 75.9 Å². The Hall–Kier alpha value is -3.77. The maximum absolute atomic E-state index is 13.9. The Morgan fingerprint density at radius 2 is 1.78 bits per heavy atom. The molecule has 0 bridgehead atoms. The fourth-order valence-corrected chi connectivity index (χ4v) is 4.26. The summed E-state index contributed by atoms with van der Waals surface area (Å²) < 4.78 is 19.7. The summed E-state index contributed by atoms with van der Waals surface area (Å²) in [5.74, 6) is -1.30. The molecule has 1 unspecified atom stereocenters. The van der Waals surface area contributed by atoms with Crippen LogP contribution in [0.25, 0.3) is 11.0 Å². The van der Waals surface area contributed by atoms with Crippen molar-refractivity contribution < 1.29 is 18.4 Å². The predicted octanol–water partition coefficient (Wildman–Crippen LogP) is 5.54. The van der Waals surface area contributed by atoms with Crippen LogP contribution in [0.3, 0.4) is 0 Å². The fraction of sp³-hybridized carbons (Fsp3) is 0.0800. The molecule has 1 atom stereocenters. The van der Waals surface area contributed by atoms with Crippen LogP contribution in [0.1, 0.15) is 45.0 Å². The van der Waals surface area contributed by atoms with Crippen molar-refractivity contribution in [3.63, 3.8) is 0 Å². The first-order valence-electron chi connectivity index (χ1n) is 9.81. The van der Waals surface area contributed by atoms with E-state index in [9.17, 15) is 18.8 Å². The van der Waals surface area contributed by atoms with Gasteiger partial charge >= 0.3 is 0 Å². The first-order valence-corrected chi connectivity index (χ1v) is 10.2. The van der Waals surface area contributed by atoms with Gasteiger partial charge in [-0.25, -0.2) is 4.39 Å². The highest BCUT2D eigenvalue weighted by Gasteiger charge is 2.43. The molecule has 0 fully saturated rings. The fourth-order valence-electron chi connectivity index (χ4n) is 4.06. The van der Waals surface area contributed by atoms with Gasteiger partial charge in [-0.05, 0) is 67.1 Å². The molecule has 0 saturated carbocycles. The van der Waals surface area contributed by atoms with Crippen molar-refractivity contribution in [2.24, 2.45) is 0 Å². The summed E-state index contributed by atoms with van der Waals surface area (Å²) in [6.07, 6.45) is 0. The molecule has 4 aromatic rings. The van der Waals surface area contributed by atoms with Crippen LogP contribution in [-0.2, 0) is 0 Å². The number of hydrogen-bond acceptors (Lipinski definition) is 4. The predicted molar refractivity (Wildman–Crippen MR) is 119 cm³/mol. The Bertz CT molecular complexity index is 1480. The summed E-state index contributed by atoms with van der Waals surface area (Å²) in [5, 5.41) is 0.490. The summed E-state index contributed by atoms with van der Waals surface area (Å²) in [6, 6.07) is 16.1. The molecule has 0 N–H and O–H groups in total. The van der Waals surface area contributed by atoms with Crippen LogP contribution >= 0.6 is 11.6 Å². The minimum atomic E-state index is -0.830. The Morgan fingerprint density at radius 3 is 2.47 bits per heavy atom. The van der Waals surface area contributed by atoms with E-state index < -0.39 is 23.2 Å². The van der Waals surface area contributed by atoms with Crippen LogP contribution in [0.4, 0.5) is 10.1 Å². The number of anilines is 1. The lowest BCUT2D eigenvalue weighted by molar-refractivity contribution is 0.0970. The Morgan fingerprint density at radius 1 is 1.03 bits per heavy atom. The number of Topliss-reactive ketones (excluding diaryl/α,β-unsaturated/α-hetero) is 1. The van der Waals surface area contributed by atoms with Crippen LogP contribution in [0.2, 0.25) is 5.02 Å². The van der Waals surface area contributed by atoms with Crippen LogP contribution in [0.5, 0.6) is 0 Å². The smallest absolute Gasteiger partial charge is 0.295 e. The van der Waals surface area contributed by atoms with Crippen molar-refractivity contribution in [3.8, 4) is 0 Å². The lowest BCUT2D eigenvalue weighted by atomic mass is 9.98. The Labute approximate surface area is 186 Å². The first kappa shape index (κ1) is 20.2. The molecule has 1 aromatic heterocycles.